The molecule has 2 amide bonds. The van der Waals surface area contributed by atoms with Crippen molar-refractivity contribution in [1.82, 2.24) is 15.7 Å². The van der Waals surface area contributed by atoms with Crippen molar-refractivity contribution >= 4 is 46.2 Å². The van der Waals surface area contributed by atoms with E-state index >= 15 is 0 Å². The van der Waals surface area contributed by atoms with E-state index in [0.717, 1.165) is 61.5 Å². The number of hydrazone groups is 1. The van der Waals surface area contributed by atoms with Crippen molar-refractivity contribution in [2.24, 2.45) is 5.10 Å². The Morgan fingerprint density at radius 3 is 2.71 bits per heavy atom. The second-order valence-electron chi connectivity index (χ2n) is 6.94. The van der Waals surface area contributed by atoms with Gasteiger partial charge in [-0.05, 0) is 44.0 Å². The number of unbranched alkanes of at least 4 members (excludes halogenated alkanes) is 4. The summed E-state index contributed by atoms with van der Waals surface area (Å²) in [4.78, 5) is 27.2. The lowest BCUT2D eigenvalue weighted by Crippen LogP contribution is -2.28. The van der Waals surface area contributed by atoms with Crippen molar-refractivity contribution < 1.29 is 14.3 Å². The van der Waals surface area contributed by atoms with Gasteiger partial charge in [0.15, 0.2) is 0 Å². The van der Waals surface area contributed by atoms with Gasteiger partial charge in [-0.25, -0.2) is 5.43 Å². The van der Waals surface area contributed by atoms with E-state index in [-0.39, 0.29) is 18.4 Å². The van der Waals surface area contributed by atoms with Crippen LogP contribution in [0.25, 0.3) is 10.9 Å². The summed E-state index contributed by atoms with van der Waals surface area (Å²) in [5, 5.41) is 11.6. The SMILES string of the molecule is CCOCC(=O)N/N=C/C(=O)NCCCCCCCNc1ccnc2cc(Cl)ccc12. The summed E-state index contributed by atoms with van der Waals surface area (Å²) in [6, 6.07) is 7.71. The van der Waals surface area contributed by atoms with Crippen LogP contribution in [0.2, 0.25) is 5.02 Å². The maximum atomic E-state index is 11.6. The molecule has 168 valence electrons. The van der Waals surface area contributed by atoms with Crippen LogP contribution in [0.1, 0.15) is 39.0 Å². The summed E-state index contributed by atoms with van der Waals surface area (Å²) in [5.74, 6) is -0.714. The highest BCUT2D eigenvalue weighted by Gasteiger charge is 2.02. The third kappa shape index (κ3) is 9.76. The van der Waals surface area contributed by atoms with E-state index < -0.39 is 0 Å². The predicted molar refractivity (Wildman–Crippen MR) is 124 cm³/mol. The van der Waals surface area contributed by atoms with Gasteiger partial charge in [-0.15, -0.1) is 0 Å². The maximum absolute atomic E-state index is 11.6. The summed E-state index contributed by atoms with van der Waals surface area (Å²) >= 11 is 6.03. The molecule has 0 aliphatic rings. The number of hydrogen-bond donors (Lipinski definition) is 3. The number of fused-ring (bicyclic) bond motifs is 1. The molecule has 0 radical (unpaired) electrons. The van der Waals surface area contributed by atoms with Crippen LogP contribution >= 0.6 is 11.6 Å². The Morgan fingerprint density at radius 1 is 1.13 bits per heavy atom. The zero-order valence-electron chi connectivity index (χ0n) is 17.8. The molecule has 0 unspecified atom stereocenters. The van der Waals surface area contributed by atoms with E-state index in [9.17, 15) is 9.59 Å². The van der Waals surface area contributed by atoms with Gasteiger partial charge in [0.2, 0.25) is 0 Å². The summed E-state index contributed by atoms with van der Waals surface area (Å²) < 4.78 is 4.93. The lowest BCUT2D eigenvalue weighted by molar-refractivity contribution is -0.125. The average Bonchev–Trinajstić information content (AvgIpc) is 2.76. The minimum Gasteiger partial charge on any atom is -0.384 e. The van der Waals surface area contributed by atoms with Crippen molar-refractivity contribution in [2.75, 3.05) is 31.6 Å². The number of halogens is 1. The fourth-order valence-corrected chi connectivity index (χ4v) is 3.09. The summed E-state index contributed by atoms with van der Waals surface area (Å²) in [6.45, 7) is 3.65. The van der Waals surface area contributed by atoms with Crippen molar-refractivity contribution in [2.45, 2.75) is 39.0 Å². The van der Waals surface area contributed by atoms with E-state index in [1.54, 1.807) is 13.1 Å². The van der Waals surface area contributed by atoms with Crippen molar-refractivity contribution in [3.63, 3.8) is 0 Å². The Morgan fingerprint density at radius 2 is 1.90 bits per heavy atom. The van der Waals surface area contributed by atoms with Gasteiger partial charge in [-0.2, -0.15) is 5.10 Å². The minimum atomic E-state index is -0.387. The monoisotopic (exact) mass is 447 g/mol. The molecule has 0 fully saturated rings. The number of carbonyl (C=O) groups is 2. The minimum absolute atomic E-state index is 0.0704. The van der Waals surface area contributed by atoms with Gasteiger partial charge in [-0.3, -0.25) is 14.6 Å². The lowest BCUT2D eigenvalue weighted by atomic mass is 10.1. The summed E-state index contributed by atoms with van der Waals surface area (Å²) in [5.41, 5.74) is 4.19. The molecule has 0 saturated heterocycles. The molecule has 0 bridgehead atoms. The number of aromatic nitrogens is 1. The molecular weight excluding hydrogens is 418 g/mol. The molecule has 1 aromatic carbocycles. The Balaban J connectivity index is 1.50. The highest BCUT2D eigenvalue weighted by Crippen LogP contribution is 2.24. The van der Waals surface area contributed by atoms with Gasteiger partial charge < -0.3 is 15.4 Å². The molecule has 2 aromatic rings. The van der Waals surface area contributed by atoms with Crippen LogP contribution < -0.4 is 16.1 Å². The van der Waals surface area contributed by atoms with Crippen LogP contribution in [0.5, 0.6) is 0 Å². The first-order valence-corrected chi connectivity index (χ1v) is 10.9. The highest BCUT2D eigenvalue weighted by atomic mass is 35.5. The number of nitrogens with zero attached hydrogens (tertiary/aromatic N) is 2. The molecule has 0 aliphatic heterocycles. The predicted octanol–water partition coefficient (Wildman–Crippen LogP) is 3.51. The van der Waals surface area contributed by atoms with Gasteiger partial charge in [0.05, 0.1) is 5.52 Å². The van der Waals surface area contributed by atoms with Crippen LogP contribution in [0, 0.1) is 0 Å². The second kappa shape index (κ2) is 14.3. The number of pyridine rings is 1. The molecule has 0 saturated carbocycles. The van der Waals surface area contributed by atoms with Crippen LogP contribution in [0.15, 0.2) is 35.6 Å². The molecule has 1 heterocycles. The zero-order valence-corrected chi connectivity index (χ0v) is 18.6. The van der Waals surface area contributed by atoms with Crippen molar-refractivity contribution in [3.8, 4) is 0 Å². The van der Waals surface area contributed by atoms with Crippen LogP contribution in [0.3, 0.4) is 0 Å². The Bertz CT molecular complexity index is 875. The molecule has 1 aromatic heterocycles. The fourth-order valence-electron chi connectivity index (χ4n) is 2.93. The smallest absolute Gasteiger partial charge is 0.266 e. The number of ether oxygens (including phenoxy) is 1. The van der Waals surface area contributed by atoms with E-state index in [4.69, 9.17) is 16.3 Å². The third-order valence-corrected chi connectivity index (χ3v) is 4.72. The zero-order chi connectivity index (χ0) is 22.3. The van der Waals surface area contributed by atoms with Crippen molar-refractivity contribution in [1.29, 1.82) is 0 Å². The largest absolute Gasteiger partial charge is 0.384 e. The Labute approximate surface area is 187 Å². The molecule has 9 heteroatoms. The lowest BCUT2D eigenvalue weighted by Gasteiger charge is -2.09. The van der Waals surface area contributed by atoms with Crippen molar-refractivity contribution in [3.05, 3.63) is 35.5 Å². The van der Waals surface area contributed by atoms with E-state index in [0.29, 0.717) is 18.2 Å². The highest BCUT2D eigenvalue weighted by molar-refractivity contribution is 6.31. The molecular formula is C22H30ClN5O3. The first-order valence-electron chi connectivity index (χ1n) is 10.6. The van der Waals surface area contributed by atoms with E-state index in [2.05, 4.69) is 26.1 Å². The number of benzene rings is 1. The molecule has 8 nitrogen and oxygen atoms in total. The number of anilines is 1. The second-order valence-corrected chi connectivity index (χ2v) is 7.37. The van der Waals surface area contributed by atoms with Gasteiger partial charge in [0.1, 0.15) is 12.8 Å². The standard InChI is InChI=1S/C22H30ClN5O3/c1-2-31-16-22(30)28-27-15-21(29)26-12-7-5-3-4-6-11-24-19-10-13-25-20-14-17(23)8-9-18(19)20/h8-10,13-15H,2-7,11-12,16H2,1H3,(H,24,25)(H,26,29)(H,28,30)/b27-15+. The molecule has 3 N–H and O–H groups in total. The number of nitrogens with one attached hydrogen (secondary N) is 3. The van der Waals surface area contributed by atoms with Gasteiger partial charge >= 0.3 is 0 Å². The van der Waals surface area contributed by atoms with Crippen LogP contribution in [-0.2, 0) is 14.3 Å². The number of carbonyl (C=O) groups excluding carboxylic acids is 2. The Kier molecular flexibility index (Phi) is 11.3. The fraction of sp³-hybridized carbons (Fsp3) is 0.455. The van der Waals surface area contributed by atoms with E-state index in [1.807, 2.05) is 24.3 Å². The van der Waals surface area contributed by atoms with Crippen LogP contribution in [-0.4, -0.2) is 49.3 Å². The first kappa shape index (κ1) is 24.6. The third-order valence-electron chi connectivity index (χ3n) is 4.48. The quantitative estimate of drug-likeness (QED) is 0.233. The number of hydrogen-bond acceptors (Lipinski definition) is 6. The molecule has 0 atom stereocenters. The maximum Gasteiger partial charge on any atom is 0.266 e. The van der Waals surface area contributed by atoms with E-state index in [1.165, 1.54) is 0 Å². The Hall–Kier alpha value is -2.71. The van der Waals surface area contributed by atoms with Gasteiger partial charge in [0.25, 0.3) is 11.8 Å². The van der Waals surface area contributed by atoms with Gasteiger partial charge in [-0.1, -0.05) is 30.9 Å². The molecule has 0 spiro atoms. The topological polar surface area (TPSA) is 105 Å². The number of rotatable bonds is 14. The number of amides is 2. The molecule has 0 aliphatic carbocycles. The summed E-state index contributed by atoms with van der Waals surface area (Å²) in [7, 11) is 0. The van der Waals surface area contributed by atoms with Crippen LogP contribution in [0.4, 0.5) is 5.69 Å². The van der Waals surface area contributed by atoms with Gasteiger partial charge in [0, 0.05) is 42.0 Å². The normalized spacial score (nSPS) is 11.0. The average molecular weight is 448 g/mol. The summed E-state index contributed by atoms with van der Waals surface area (Å²) in [6.07, 6.45) is 8.08. The first-order chi connectivity index (χ1) is 15.1. The molecule has 31 heavy (non-hydrogen) atoms. The molecule has 2 rings (SSSR count).